The highest BCUT2D eigenvalue weighted by atomic mass is 35.5. The van der Waals surface area contributed by atoms with Crippen LogP contribution in [0.3, 0.4) is 0 Å². The molecule has 0 aliphatic rings. The highest BCUT2D eigenvalue weighted by Crippen LogP contribution is 2.35. The number of aromatic nitrogens is 3. The Hall–Kier alpha value is -2.80. The van der Waals surface area contributed by atoms with E-state index in [4.69, 9.17) is 21.1 Å². The summed E-state index contributed by atoms with van der Waals surface area (Å²) in [6.45, 7) is 0. The van der Waals surface area contributed by atoms with Crippen LogP contribution in [0, 0.1) is 0 Å². The number of rotatable bonds is 4. The fourth-order valence-corrected chi connectivity index (χ4v) is 2.30. The van der Waals surface area contributed by atoms with Crippen molar-refractivity contribution in [3.63, 3.8) is 0 Å². The van der Waals surface area contributed by atoms with Gasteiger partial charge in [-0.2, -0.15) is 4.98 Å². The van der Waals surface area contributed by atoms with E-state index < -0.39 is 0 Å². The number of halogens is 1. The van der Waals surface area contributed by atoms with Crippen molar-refractivity contribution in [3.05, 3.63) is 35.7 Å². The van der Waals surface area contributed by atoms with Crippen molar-refractivity contribution < 1.29 is 14.6 Å². The maximum atomic E-state index is 9.85. The van der Waals surface area contributed by atoms with Crippen molar-refractivity contribution in [2.24, 2.45) is 0 Å². The van der Waals surface area contributed by atoms with Crippen molar-refractivity contribution in [2.45, 2.75) is 0 Å². The molecule has 7 nitrogen and oxygen atoms in total. The van der Waals surface area contributed by atoms with Crippen LogP contribution in [0.4, 0.5) is 11.6 Å². The summed E-state index contributed by atoms with van der Waals surface area (Å²) in [5, 5.41) is 13.5. The molecule has 8 heteroatoms. The van der Waals surface area contributed by atoms with Crippen LogP contribution >= 0.6 is 11.6 Å². The number of pyridine rings is 1. The van der Waals surface area contributed by atoms with Crippen LogP contribution < -0.4 is 14.8 Å². The summed E-state index contributed by atoms with van der Waals surface area (Å²) in [5.41, 5.74) is 0.570. The maximum Gasteiger partial charge on any atom is 0.224 e. The SMILES string of the molecule is COc1cc2nc(Cl)nc(Nc3ncccc3O)c2cc1OC. The Balaban J connectivity index is 2.17. The maximum absolute atomic E-state index is 9.85. The molecule has 0 spiro atoms. The second-order valence-electron chi connectivity index (χ2n) is 4.56. The van der Waals surface area contributed by atoms with Gasteiger partial charge in [0, 0.05) is 17.6 Å². The topological polar surface area (TPSA) is 89.4 Å². The molecular formula is C15H13ClN4O3. The molecule has 0 bridgehead atoms. The second kappa shape index (κ2) is 6.13. The molecule has 118 valence electrons. The minimum Gasteiger partial charge on any atom is -0.504 e. The van der Waals surface area contributed by atoms with E-state index in [2.05, 4.69) is 20.3 Å². The first kappa shape index (κ1) is 15.1. The Morgan fingerprint density at radius 2 is 1.83 bits per heavy atom. The number of hydrogen-bond donors (Lipinski definition) is 2. The van der Waals surface area contributed by atoms with E-state index in [9.17, 15) is 5.11 Å². The zero-order valence-corrected chi connectivity index (χ0v) is 13.1. The van der Waals surface area contributed by atoms with Crippen molar-refractivity contribution in [1.29, 1.82) is 0 Å². The van der Waals surface area contributed by atoms with Gasteiger partial charge < -0.3 is 19.9 Å². The van der Waals surface area contributed by atoms with Gasteiger partial charge in [-0.25, -0.2) is 9.97 Å². The third-order valence-electron chi connectivity index (χ3n) is 3.20. The number of fused-ring (bicyclic) bond motifs is 1. The molecule has 3 aromatic rings. The number of nitrogens with zero attached hydrogens (tertiary/aromatic N) is 3. The van der Waals surface area contributed by atoms with Crippen molar-refractivity contribution in [3.8, 4) is 17.2 Å². The van der Waals surface area contributed by atoms with Gasteiger partial charge in [-0.3, -0.25) is 0 Å². The fourth-order valence-electron chi connectivity index (χ4n) is 2.13. The van der Waals surface area contributed by atoms with E-state index in [1.807, 2.05) is 0 Å². The zero-order valence-electron chi connectivity index (χ0n) is 12.4. The second-order valence-corrected chi connectivity index (χ2v) is 4.90. The van der Waals surface area contributed by atoms with E-state index in [0.29, 0.717) is 28.2 Å². The van der Waals surface area contributed by atoms with Crippen molar-refractivity contribution >= 4 is 34.1 Å². The summed E-state index contributed by atoms with van der Waals surface area (Å²) in [6.07, 6.45) is 1.55. The minimum absolute atomic E-state index is 0.00383. The molecule has 1 aromatic carbocycles. The predicted molar refractivity (Wildman–Crippen MR) is 86.8 cm³/mol. The molecule has 0 unspecified atom stereocenters. The Morgan fingerprint density at radius 3 is 2.52 bits per heavy atom. The van der Waals surface area contributed by atoms with Crippen LogP contribution in [-0.4, -0.2) is 34.3 Å². The lowest BCUT2D eigenvalue weighted by atomic mass is 10.2. The van der Waals surface area contributed by atoms with Crippen LogP contribution in [0.5, 0.6) is 17.2 Å². The normalized spacial score (nSPS) is 10.6. The van der Waals surface area contributed by atoms with Gasteiger partial charge in [0.1, 0.15) is 5.82 Å². The minimum atomic E-state index is -0.00383. The molecule has 23 heavy (non-hydrogen) atoms. The van der Waals surface area contributed by atoms with Crippen molar-refractivity contribution in [1.82, 2.24) is 15.0 Å². The third kappa shape index (κ3) is 2.91. The first-order chi connectivity index (χ1) is 11.1. The Bertz CT molecular complexity index is 873. The van der Waals surface area contributed by atoms with E-state index in [0.717, 1.165) is 0 Å². The molecule has 0 saturated heterocycles. The number of benzene rings is 1. The van der Waals surface area contributed by atoms with Crippen LogP contribution in [-0.2, 0) is 0 Å². The molecule has 0 aliphatic carbocycles. The summed E-state index contributed by atoms with van der Waals surface area (Å²) in [6, 6.07) is 6.57. The van der Waals surface area contributed by atoms with Crippen LogP contribution in [0.25, 0.3) is 10.9 Å². The summed E-state index contributed by atoms with van der Waals surface area (Å²) in [4.78, 5) is 12.4. The van der Waals surface area contributed by atoms with Gasteiger partial charge in [-0.1, -0.05) is 0 Å². The average molecular weight is 333 g/mol. The number of aromatic hydroxyl groups is 1. The van der Waals surface area contributed by atoms with Gasteiger partial charge in [-0.15, -0.1) is 0 Å². The molecule has 2 aromatic heterocycles. The van der Waals surface area contributed by atoms with Crippen LogP contribution in [0.2, 0.25) is 5.28 Å². The van der Waals surface area contributed by atoms with Crippen LogP contribution in [0.15, 0.2) is 30.5 Å². The van der Waals surface area contributed by atoms with Gasteiger partial charge in [-0.05, 0) is 29.8 Å². The predicted octanol–water partition coefficient (Wildman–Crippen LogP) is 3.14. The summed E-state index contributed by atoms with van der Waals surface area (Å²) in [5.74, 6) is 1.71. The van der Waals surface area contributed by atoms with Gasteiger partial charge >= 0.3 is 0 Å². The van der Waals surface area contributed by atoms with Gasteiger partial charge in [0.2, 0.25) is 5.28 Å². The molecule has 0 aliphatic heterocycles. The molecule has 0 atom stereocenters. The Morgan fingerprint density at radius 1 is 1.09 bits per heavy atom. The molecule has 2 heterocycles. The lowest BCUT2D eigenvalue weighted by Crippen LogP contribution is -2.00. The number of nitrogens with one attached hydrogen (secondary N) is 1. The average Bonchev–Trinajstić information content (AvgIpc) is 2.55. The number of hydrogen-bond acceptors (Lipinski definition) is 7. The first-order valence-corrected chi connectivity index (χ1v) is 7.00. The molecule has 0 amide bonds. The van der Waals surface area contributed by atoms with Gasteiger partial charge in [0.25, 0.3) is 0 Å². The smallest absolute Gasteiger partial charge is 0.224 e. The van der Waals surface area contributed by atoms with E-state index in [-0.39, 0.29) is 16.9 Å². The lowest BCUT2D eigenvalue weighted by molar-refractivity contribution is 0.356. The molecular weight excluding hydrogens is 320 g/mol. The summed E-state index contributed by atoms with van der Waals surface area (Å²) >= 11 is 5.98. The number of methoxy groups -OCH3 is 2. The molecule has 0 radical (unpaired) electrons. The number of anilines is 2. The first-order valence-electron chi connectivity index (χ1n) is 6.62. The Labute approximate surface area is 136 Å². The summed E-state index contributed by atoms with van der Waals surface area (Å²) in [7, 11) is 3.08. The number of ether oxygens (including phenoxy) is 2. The highest BCUT2D eigenvalue weighted by Gasteiger charge is 2.14. The van der Waals surface area contributed by atoms with E-state index in [1.54, 1.807) is 24.4 Å². The lowest BCUT2D eigenvalue weighted by Gasteiger charge is -2.12. The molecule has 0 saturated carbocycles. The van der Waals surface area contributed by atoms with E-state index >= 15 is 0 Å². The largest absolute Gasteiger partial charge is 0.504 e. The zero-order chi connectivity index (χ0) is 16.4. The van der Waals surface area contributed by atoms with Gasteiger partial charge in [0.05, 0.1) is 19.7 Å². The standard InChI is InChI=1S/C15H13ClN4O3/c1-22-11-6-8-9(7-12(11)23-2)18-15(16)20-13(8)19-14-10(21)4-3-5-17-14/h3-7,21H,1-2H3,(H,17,18,19,20). The van der Waals surface area contributed by atoms with Gasteiger partial charge in [0.15, 0.2) is 23.1 Å². The molecule has 2 N–H and O–H groups in total. The Kier molecular flexibility index (Phi) is 4.03. The monoisotopic (exact) mass is 332 g/mol. The summed E-state index contributed by atoms with van der Waals surface area (Å²) < 4.78 is 10.6. The molecule has 3 rings (SSSR count). The van der Waals surface area contributed by atoms with E-state index in [1.165, 1.54) is 20.3 Å². The third-order valence-corrected chi connectivity index (χ3v) is 3.37. The van der Waals surface area contributed by atoms with Crippen molar-refractivity contribution in [2.75, 3.05) is 19.5 Å². The highest BCUT2D eigenvalue weighted by molar-refractivity contribution is 6.28. The fraction of sp³-hybridized carbons (Fsp3) is 0.133. The van der Waals surface area contributed by atoms with Crippen LogP contribution in [0.1, 0.15) is 0 Å². The molecule has 0 fully saturated rings. The quantitative estimate of drug-likeness (QED) is 0.709.